The van der Waals surface area contributed by atoms with Crippen molar-refractivity contribution in [1.29, 1.82) is 0 Å². The molecule has 0 bridgehead atoms. The van der Waals surface area contributed by atoms with Crippen molar-refractivity contribution in [2.24, 2.45) is 0 Å². The SMILES string of the molecule is Nc1ncnc2c1ncn2[C@@H]1O[C@H](C(O)OC(c2ccccc2)(c2ccccc2)c2ccccc2)C[C@H]1O. The first-order chi connectivity index (χ1) is 18.6. The minimum atomic E-state index is -1.38. The van der Waals surface area contributed by atoms with Gasteiger partial charge >= 0.3 is 0 Å². The van der Waals surface area contributed by atoms with Crippen LogP contribution in [0.5, 0.6) is 0 Å². The molecule has 0 saturated carbocycles. The molecule has 5 aromatic rings. The van der Waals surface area contributed by atoms with Crippen LogP contribution in [0.1, 0.15) is 29.3 Å². The Morgan fingerprint density at radius 1 is 0.868 bits per heavy atom. The summed E-state index contributed by atoms with van der Waals surface area (Å²) in [7, 11) is 0. The van der Waals surface area contributed by atoms with E-state index in [4.69, 9.17) is 15.2 Å². The summed E-state index contributed by atoms with van der Waals surface area (Å²) in [6.07, 6.45) is -1.02. The maximum atomic E-state index is 11.5. The van der Waals surface area contributed by atoms with Gasteiger partial charge in [-0.05, 0) is 16.7 Å². The second-order valence-corrected chi connectivity index (χ2v) is 9.24. The van der Waals surface area contributed by atoms with Crippen LogP contribution in [0.25, 0.3) is 11.2 Å². The van der Waals surface area contributed by atoms with Crippen LogP contribution < -0.4 is 5.73 Å². The Balaban J connectivity index is 1.37. The Labute approximate surface area is 219 Å². The molecule has 1 saturated heterocycles. The number of benzene rings is 3. The molecule has 3 aromatic carbocycles. The molecule has 3 heterocycles. The van der Waals surface area contributed by atoms with Crippen LogP contribution in [-0.4, -0.2) is 48.2 Å². The van der Waals surface area contributed by atoms with Gasteiger partial charge in [0.2, 0.25) is 0 Å². The molecule has 1 unspecified atom stereocenters. The third-order valence-corrected chi connectivity index (χ3v) is 6.93. The van der Waals surface area contributed by atoms with Gasteiger partial charge in [0.15, 0.2) is 24.0 Å². The molecule has 0 spiro atoms. The molecule has 1 aliphatic rings. The number of hydrogen-bond donors (Lipinski definition) is 3. The number of anilines is 1. The van der Waals surface area contributed by atoms with E-state index in [1.165, 1.54) is 12.7 Å². The van der Waals surface area contributed by atoms with Gasteiger partial charge in [0.05, 0.1) is 6.33 Å². The lowest BCUT2D eigenvalue weighted by Gasteiger charge is -2.38. The van der Waals surface area contributed by atoms with E-state index >= 15 is 0 Å². The van der Waals surface area contributed by atoms with Gasteiger partial charge < -0.3 is 25.4 Å². The van der Waals surface area contributed by atoms with Crippen molar-refractivity contribution in [3.8, 4) is 0 Å². The highest BCUT2D eigenvalue weighted by Gasteiger charge is 2.45. The summed E-state index contributed by atoms with van der Waals surface area (Å²) in [5, 5.41) is 22.5. The molecule has 1 aliphatic heterocycles. The third-order valence-electron chi connectivity index (χ3n) is 6.93. The molecular formula is C29H27N5O4. The van der Waals surface area contributed by atoms with Gasteiger partial charge in [-0.25, -0.2) is 15.0 Å². The molecule has 6 rings (SSSR count). The van der Waals surface area contributed by atoms with Crippen LogP contribution in [0, 0.1) is 0 Å². The number of nitrogens with two attached hydrogens (primary N) is 1. The molecule has 4 N–H and O–H groups in total. The van der Waals surface area contributed by atoms with Gasteiger partial charge in [-0.3, -0.25) is 4.57 Å². The fourth-order valence-electron chi connectivity index (χ4n) is 5.15. The van der Waals surface area contributed by atoms with Crippen molar-refractivity contribution in [1.82, 2.24) is 19.5 Å². The van der Waals surface area contributed by atoms with E-state index in [9.17, 15) is 10.2 Å². The van der Waals surface area contributed by atoms with Crippen LogP contribution in [0.2, 0.25) is 0 Å². The zero-order valence-corrected chi connectivity index (χ0v) is 20.4. The standard InChI is InChI=1S/C29H27N5O4/c30-25-24-26(32-17-31-25)34(18-33-24)27-22(35)16-23(37-27)28(36)38-29(19-10-4-1-5-11-19,20-12-6-2-7-13-20)21-14-8-3-9-15-21/h1-15,17-18,22-23,27-28,35-36H,16H2,(H2,30,31,32)/t22-,23+,27-,28?/m1/s1. The predicted octanol–water partition coefficient (Wildman–Crippen LogP) is 3.38. The molecule has 0 radical (unpaired) electrons. The van der Waals surface area contributed by atoms with E-state index in [0.29, 0.717) is 11.2 Å². The van der Waals surface area contributed by atoms with Crippen molar-refractivity contribution in [2.75, 3.05) is 5.73 Å². The number of aromatic nitrogens is 4. The fraction of sp³-hybridized carbons (Fsp3) is 0.207. The highest BCUT2D eigenvalue weighted by Crippen LogP contribution is 2.43. The van der Waals surface area contributed by atoms with Crippen molar-refractivity contribution >= 4 is 17.0 Å². The molecule has 9 heteroatoms. The summed E-state index contributed by atoms with van der Waals surface area (Å²) in [6.45, 7) is 0. The first kappa shape index (κ1) is 24.2. The van der Waals surface area contributed by atoms with E-state index in [1.54, 1.807) is 4.57 Å². The number of rotatable bonds is 7. The average Bonchev–Trinajstić information content (AvgIpc) is 3.57. The van der Waals surface area contributed by atoms with Crippen LogP contribution in [0.4, 0.5) is 5.82 Å². The van der Waals surface area contributed by atoms with Crippen molar-refractivity contribution in [3.63, 3.8) is 0 Å². The van der Waals surface area contributed by atoms with Gasteiger partial charge in [0.25, 0.3) is 0 Å². The number of hydrogen-bond acceptors (Lipinski definition) is 8. The zero-order chi connectivity index (χ0) is 26.1. The van der Waals surface area contributed by atoms with Gasteiger partial charge in [0.1, 0.15) is 29.7 Å². The highest BCUT2D eigenvalue weighted by molar-refractivity contribution is 5.81. The number of nitrogens with zero attached hydrogens (tertiary/aromatic N) is 4. The molecule has 9 nitrogen and oxygen atoms in total. The second-order valence-electron chi connectivity index (χ2n) is 9.24. The summed E-state index contributed by atoms with van der Waals surface area (Å²) < 4.78 is 14.4. The lowest BCUT2D eigenvalue weighted by atomic mass is 9.80. The minimum Gasteiger partial charge on any atom is -0.388 e. The summed E-state index contributed by atoms with van der Waals surface area (Å²) >= 11 is 0. The molecule has 2 aromatic heterocycles. The fourth-order valence-corrected chi connectivity index (χ4v) is 5.15. The monoisotopic (exact) mass is 509 g/mol. The Kier molecular flexibility index (Phi) is 6.34. The number of nitrogen functional groups attached to an aromatic ring is 1. The predicted molar refractivity (Wildman–Crippen MR) is 141 cm³/mol. The van der Waals surface area contributed by atoms with Crippen LogP contribution >= 0.6 is 0 Å². The minimum absolute atomic E-state index is 0.139. The topological polar surface area (TPSA) is 129 Å². The smallest absolute Gasteiger partial charge is 0.183 e. The first-order valence-electron chi connectivity index (χ1n) is 12.4. The van der Waals surface area contributed by atoms with E-state index in [1.807, 2.05) is 91.0 Å². The molecule has 0 aliphatic carbocycles. The van der Waals surface area contributed by atoms with Crippen molar-refractivity contribution in [2.45, 2.75) is 36.7 Å². The molecule has 0 amide bonds. The second kappa shape index (κ2) is 9.96. The number of aliphatic hydroxyl groups excluding tert-OH is 2. The van der Waals surface area contributed by atoms with Gasteiger partial charge in [0, 0.05) is 6.42 Å². The molecule has 4 atom stereocenters. The largest absolute Gasteiger partial charge is 0.388 e. The van der Waals surface area contributed by atoms with E-state index in [2.05, 4.69) is 15.0 Å². The average molecular weight is 510 g/mol. The Bertz CT molecular complexity index is 1420. The van der Waals surface area contributed by atoms with Gasteiger partial charge in [-0.2, -0.15) is 0 Å². The maximum absolute atomic E-state index is 11.5. The molecular weight excluding hydrogens is 482 g/mol. The lowest BCUT2D eigenvalue weighted by molar-refractivity contribution is -0.218. The Morgan fingerprint density at radius 3 is 1.97 bits per heavy atom. The Hall–Kier alpha value is -4.15. The molecule has 192 valence electrons. The lowest BCUT2D eigenvalue weighted by Crippen LogP contribution is -2.41. The zero-order valence-electron chi connectivity index (χ0n) is 20.4. The number of aliphatic hydroxyl groups is 2. The molecule has 38 heavy (non-hydrogen) atoms. The van der Waals surface area contributed by atoms with Gasteiger partial charge in [-0.1, -0.05) is 91.0 Å². The summed E-state index contributed by atoms with van der Waals surface area (Å²) in [5.74, 6) is 0.236. The van der Waals surface area contributed by atoms with Crippen molar-refractivity contribution in [3.05, 3.63) is 120 Å². The van der Waals surface area contributed by atoms with Crippen LogP contribution in [0.3, 0.4) is 0 Å². The quantitative estimate of drug-likeness (QED) is 0.225. The van der Waals surface area contributed by atoms with Crippen molar-refractivity contribution < 1.29 is 19.7 Å². The summed E-state index contributed by atoms with van der Waals surface area (Å²) in [6, 6.07) is 29.3. The summed E-state index contributed by atoms with van der Waals surface area (Å²) in [4.78, 5) is 12.5. The Morgan fingerprint density at radius 2 is 1.42 bits per heavy atom. The van der Waals surface area contributed by atoms with E-state index < -0.39 is 30.3 Å². The van der Waals surface area contributed by atoms with E-state index in [0.717, 1.165) is 16.7 Å². The number of imidazole rings is 1. The normalized spacial score (nSPS) is 20.5. The number of fused-ring (bicyclic) bond motifs is 1. The first-order valence-corrected chi connectivity index (χ1v) is 12.4. The molecule has 1 fully saturated rings. The van der Waals surface area contributed by atoms with E-state index in [-0.39, 0.29) is 12.2 Å². The third kappa shape index (κ3) is 4.11. The summed E-state index contributed by atoms with van der Waals surface area (Å²) in [5.41, 5.74) is 8.17. The number of ether oxygens (including phenoxy) is 2. The van der Waals surface area contributed by atoms with Crippen LogP contribution in [0.15, 0.2) is 104 Å². The van der Waals surface area contributed by atoms with Gasteiger partial charge in [-0.15, -0.1) is 0 Å². The highest BCUT2D eigenvalue weighted by atomic mass is 16.7. The van der Waals surface area contributed by atoms with Crippen LogP contribution in [-0.2, 0) is 15.1 Å². The maximum Gasteiger partial charge on any atom is 0.183 e.